The maximum Gasteiger partial charge on any atom is 0.490 e. The summed E-state index contributed by atoms with van der Waals surface area (Å²) in [4.78, 5) is 20.8. The molecule has 2 saturated carbocycles. The lowest BCUT2D eigenvalue weighted by Gasteiger charge is -2.24. The van der Waals surface area contributed by atoms with Crippen molar-refractivity contribution in [2.75, 3.05) is 0 Å². The highest BCUT2D eigenvalue weighted by molar-refractivity contribution is 5.82. The third-order valence-corrected chi connectivity index (χ3v) is 4.39. The number of piperidine rings is 1. The van der Waals surface area contributed by atoms with Crippen LogP contribution in [0.25, 0.3) is 0 Å². The molecule has 1 saturated heterocycles. The van der Waals surface area contributed by atoms with Crippen LogP contribution >= 0.6 is 0 Å². The van der Waals surface area contributed by atoms with Gasteiger partial charge in [-0.15, -0.1) is 0 Å². The van der Waals surface area contributed by atoms with Crippen LogP contribution in [-0.2, 0) is 9.59 Å². The number of halogens is 3. The van der Waals surface area contributed by atoms with Crippen molar-refractivity contribution in [3.8, 4) is 0 Å². The number of aliphatic carboxylic acids is 1. The molecule has 1 heterocycles. The first kappa shape index (κ1) is 17.1. The predicted molar refractivity (Wildman–Crippen MR) is 72.1 cm³/mol. The Labute approximate surface area is 126 Å². The first-order valence-corrected chi connectivity index (χ1v) is 7.64. The molecule has 0 spiro atoms. The van der Waals surface area contributed by atoms with Crippen molar-refractivity contribution in [2.45, 2.75) is 69.2 Å². The van der Waals surface area contributed by atoms with Gasteiger partial charge in [-0.05, 0) is 31.6 Å². The van der Waals surface area contributed by atoms with E-state index in [9.17, 15) is 18.0 Å². The molecule has 126 valence electrons. The Morgan fingerprint density at radius 1 is 1.09 bits per heavy atom. The van der Waals surface area contributed by atoms with Crippen LogP contribution in [0.15, 0.2) is 0 Å². The van der Waals surface area contributed by atoms with Crippen LogP contribution in [-0.4, -0.2) is 41.3 Å². The zero-order valence-electron chi connectivity index (χ0n) is 12.2. The summed E-state index contributed by atoms with van der Waals surface area (Å²) in [5.74, 6) is -1.69. The molecule has 3 fully saturated rings. The number of fused-ring (bicyclic) bond motifs is 1. The second-order valence-corrected chi connectivity index (χ2v) is 6.20. The fraction of sp³-hybridized carbons (Fsp3) is 0.857. The number of amides is 1. The van der Waals surface area contributed by atoms with Crippen molar-refractivity contribution < 1.29 is 27.9 Å². The van der Waals surface area contributed by atoms with Crippen molar-refractivity contribution >= 4 is 11.9 Å². The van der Waals surface area contributed by atoms with Crippen LogP contribution < -0.4 is 10.6 Å². The summed E-state index contributed by atoms with van der Waals surface area (Å²) < 4.78 is 31.7. The van der Waals surface area contributed by atoms with Gasteiger partial charge in [-0.25, -0.2) is 4.79 Å². The molecule has 1 amide bonds. The molecular weight excluding hydrogens is 301 g/mol. The van der Waals surface area contributed by atoms with Gasteiger partial charge in [0.1, 0.15) is 0 Å². The zero-order valence-corrected chi connectivity index (χ0v) is 12.2. The van der Waals surface area contributed by atoms with Crippen molar-refractivity contribution in [1.82, 2.24) is 10.6 Å². The Morgan fingerprint density at radius 3 is 2.14 bits per heavy atom. The fourth-order valence-corrected chi connectivity index (χ4v) is 3.07. The molecule has 0 aromatic rings. The zero-order chi connectivity index (χ0) is 16.3. The third-order valence-electron chi connectivity index (χ3n) is 4.39. The van der Waals surface area contributed by atoms with Crippen molar-refractivity contribution in [2.24, 2.45) is 5.92 Å². The first-order chi connectivity index (χ1) is 10.3. The van der Waals surface area contributed by atoms with Gasteiger partial charge >= 0.3 is 12.1 Å². The predicted octanol–water partition coefficient (Wildman–Crippen LogP) is 1.82. The van der Waals surface area contributed by atoms with Crippen LogP contribution in [0.2, 0.25) is 0 Å². The van der Waals surface area contributed by atoms with Gasteiger partial charge in [-0.3, -0.25) is 4.79 Å². The molecular formula is C14H21F3N2O3. The highest BCUT2D eigenvalue weighted by Crippen LogP contribution is 2.40. The summed E-state index contributed by atoms with van der Waals surface area (Å²) in [7, 11) is 0. The van der Waals surface area contributed by atoms with E-state index in [2.05, 4.69) is 10.6 Å². The Balaban J connectivity index is 0.000000217. The summed E-state index contributed by atoms with van der Waals surface area (Å²) >= 11 is 0. The normalized spacial score (nSPS) is 30.8. The number of rotatable bonds is 2. The smallest absolute Gasteiger partial charge is 0.475 e. The molecule has 0 aromatic heterocycles. The average molecular weight is 322 g/mol. The molecule has 0 bridgehead atoms. The largest absolute Gasteiger partial charge is 0.490 e. The molecule has 0 unspecified atom stereocenters. The minimum atomic E-state index is -5.08. The maximum absolute atomic E-state index is 11.9. The summed E-state index contributed by atoms with van der Waals surface area (Å²) in [6.45, 7) is 0. The second kappa shape index (κ2) is 6.85. The second-order valence-electron chi connectivity index (χ2n) is 6.20. The van der Waals surface area contributed by atoms with Crippen LogP contribution in [0.1, 0.15) is 44.9 Å². The van der Waals surface area contributed by atoms with Gasteiger partial charge in [0, 0.05) is 12.1 Å². The van der Waals surface area contributed by atoms with E-state index in [1.165, 1.54) is 38.5 Å². The maximum atomic E-state index is 11.9. The van der Waals surface area contributed by atoms with Gasteiger partial charge < -0.3 is 15.7 Å². The molecule has 2 aliphatic carbocycles. The topological polar surface area (TPSA) is 78.4 Å². The van der Waals surface area contributed by atoms with Crippen LogP contribution in [0.3, 0.4) is 0 Å². The molecule has 3 rings (SSSR count). The van der Waals surface area contributed by atoms with Gasteiger partial charge in [0.25, 0.3) is 0 Å². The Morgan fingerprint density at radius 2 is 1.68 bits per heavy atom. The van der Waals surface area contributed by atoms with Crippen molar-refractivity contribution in [1.29, 1.82) is 0 Å². The highest BCUT2D eigenvalue weighted by Gasteiger charge is 2.47. The van der Waals surface area contributed by atoms with Gasteiger partial charge in [0.15, 0.2) is 0 Å². The molecule has 8 heteroatoms. The molecule has 3 atom stereocenters. The highest BCUT2D eigenvalue weighted by atomic mass is 19.4. The van der Waals surface area contributed by atoms with Gasteiger partial charge in [-0.2, -0.15) is 13.2 Å². The summed E-state index contributed by atoms with van der Waals surface area (Å²) in [5, 5.41) is 13.7. The molecule has 0 radical (unpaired) electrons. The lowest BCUT2D eigenvalue weighted by molar-refractivity contribution is -0.192. The number of carboxylic acids is 1. The molecule has 3 N–H and O–H groups in total. The fourth-order valence-electron chi connectivity index (χ4n) is 3.07. The van der Waals surface area contributed by atoms with Crippen molar-refractivity contribution in [3.63, 3.8) is 0 Å². The van der Waals surface area contributed by atoms with E-state index in [1.807, 2.05) is 0 Å². The Bertz CT molecular complexity index is 412. The van der Waals surface area contributed by atoms with E-state index in [0.29, 0.717) is 12.1 Å². The number of carboxylic acid groups (broad SMARTS) is 1. The molecule has 5 nitrogen and oxygen atoms in total. The van der Waals surface area contributed by atoms with E-state index >= 15 is 0 Å². The Kier molecular flexibility index (Phi) is 5.31. The third kappa shape index (κ3) is 4.86. The minimum Gasteiger partial charge on any atom is -0.475 e. The Hall–Kier alpha value is -1.31. The van der Waals surface area contributed by atoms with E-state index < -0.39 is 12.1 Å². The lowest BCUT2D eigenvalue weighted by Crippen LogP contribution is -2.46. The molecule has 3 aliphatic rings. The SMILES string of the molecule is O=C(NC1CCCCC1)[C@@H]1C[C@H]2C[C@H]2N1.O=C(O)C(F)(F)F. The number of hydrogen-bond acceptors (Lipinski definition) is 3. The molecule has 0 aromatic carbocycles. The monoisotopic (exact) mass is 322 g/mol. The van der Waals surface area contributed by atoms with Gasteiger partial charge in [0.2, 0.25) is 5.91 Å². The van der Waals surface area contributed by atoms with Crippen LogP contribution in [0.4, 0.5) is 13.2 Å². The van der Waals surface area contributed by atoms with Crippen LogP contribution in [0, 0.1) is 5.92 Å². The summed E-state index contributed by atoms with van der Waals surface area (Å²) in [5.41, 5.74) is 0. The van der Waals surface area contributed by atoms with Crippen molar-refractivity contribution in [3.05, 3.63) is 0 Å². The van der Waals surface area contributed by atoms with Crippen LogP contribution in [0.5, 0.6) is 0 Å². The quantitative estimate of drug-likeness (QED) is 0.725. The van der Waals surface area contributed by atoms with E-state index in [1.54, 1.807) is 0 Å². The standard InChI is InChI=1S/C12H20N2O.C2HF3O2/c15-12(11-7-8-6-10(8)14-11)13-9-4-2-1-3-5-9;3-2(4,5)1(6)7/h8-11,14H,1-7H2,(H,13,15);(H,6,7)/t8-,10-,11+;/m1./s1. The molecule has 1 aliphatic heterocycles. The number of carbonyl (C=O) groups is 2. The van der Waals surface area contributed by atoms with E-state index in [-0.39, 0.29) is 11.9 Å². The molecule has 22 heavy (non-hydrogen) atoms. The van der Waals surface area contributed by atoms with E-state index in [4.69, 9.17) is 9.90 Å². The van der Waals surface area contributed by atoms with Gasteiger partial charge in [0.05, 0.1) is 6.04 Å². The average Bonchev–Trinajstić information content (AvgIpc) is 3.06. The number of carbonyl (C=O) groups excluding carboxylic acids is 1. The van der Waals surface area contributed by atoms with Gasteiger partial charge in [-0.1, -0.05) is 19.3 Å². The number of nitrogens with one attached hydrogen (secondary N) is 2. The lowest BCUT2D eigenvalue weighted by atomic mass is 9.95. The van der Waals surface area contributed by atoms with E-state index in [0.717, 1.165) is 12.3 Å². The number of hydrogen-bond donors (Lipinski definition) is 3. The first-order valence-electron chi connectivity index (χ1n) is 7.64. The summed E-state index contributed by atoms with van der Waals surface area (Å²) in [6.07, 6.45) is 3.58. The minimum absolute atomic E-state index is 0.121. The summed E-state index contributed by atoms with van der Waals surface area (Å²) in [6, 6.07) is 1.26. The number of alkyl halides is 3.